The van der Waals surface area contributed by atoms with Crippen LogP contribution in [-0.4, -0.2) is 54.1 Å². The number of piperidine rings is 1. The van der Waals surface area contributed by atoms with Crippen molar-refractivity contribution in [2.24, 2.45) is 0 Å². The zero-order valence-electron chi connectivity index (χ0n) is 13.8. The number of hydrogen-bond acceptors (Lipinski definition) is 5. The zero-order valence-corrected chi connectivity index (χ0v) is 14.6. The molecule has 2 aliphatic rings. The summed E-state index contributed by atoms with van der Waals surface area (Å²) in [4.78, 5) is 11.0. The Balaban J connectivity index is 1.60. The predicted octanol–water partition coefficient (Wildman–Crippen LogP) is 2.02. The maximum absolute atomic E-state index is 12.5. The van der Waals surface area contributed by atoms with Crippen molar-refractivity contribution in [2.45, 2.75) is 37.0 Å². The van der Waals surface area contributed by atoms with Crippen molar-refractivity contribution in [1.82, 2.24) is 14.3 Å². The summed E-state index contributed by atoms with van der Waals surface area (Å²) in [5, 5.41) is 0.867. The first kappa shape index (κ1) is 15.8. The third-order valence-electron chi connectivity index (χ3n) is 5.08. The molecule has 0 spiro atoms. The second-order valence-electron chi connectivity index (χ2n) is 6.72. The average Bonchev–Trinajstić information content (AvgIpc) is 3.46. The number of fused-ring (bicyclic) bond motifs is 1. The summed E-state index contributed by atoms with van der Waals surface area (Å²) < 4.78 is 26.7. The van der Waals surface area contributed by atoms with Gasteiger partial charge in [-0.3, -0.25) is 0 Å². The molecule has 6 nitrogen and oxygen atoms in total. The average molecular weight is 346 g/mol. The summed E-state index contributed by atoms with van der Waals surface area (Å²) in [6.07, 6.45) is 5.07. The van der Waals surface area contributed by atoms with Gasteiger partial charge in [0.15, 0.2) is 0 Å². The van der Waals surface area contributed by atoms with Crippen molar-refractivity contribution in [3.8, 4) is 0 Å². The van der Waals surface area contributed by atoms with Crippen LogP contribution in [0.5, 0.6) is 0 Å². The van der Waals surface area contributed by atoms with E-state index in [4.69, 9.17) is 0 Å². The molecule has 24 heavy (non-hydrogen) atoms. The van der Waals surface area contributed by atoms with E-state index >= 15 is 0 Å². The van der Waals surface area contributed by atoms with E-state index in [1.54, 1.807) is 17.7 Å². The summed E-state index contributed by atoms with van der Waals surface area (Å²) in [6.45, 7) is 1.58. The summed E-state index contributed by atoms with van der Waals surface area (Å²) >= 11 is 0. The normalized spacial score (nSPS) is 22.2. The number of para-hydroxylation sites is 1. The van der Waals surface area contributed by atoms with Gasteiger partial charge >= 0.3 is 0 Å². The largest absolute Gasteiger partial charge is 0.354 e. The fraction of sp³-hybridized carbons (Fsp3) is 0.529. The summed E-state index contributed by atoms with van der Waals surface area (Å²) in [6, 6.07) is 7.97. The standard InChI is InChI=1S/C17H22N4O2S/c1-20(24(22,23)14-8-9-14)13-5-4-10-21(11-13)17-15-6-2-3-7-16(15)18-12-19-17/h2-3,6-7,12-14H,4-5,8-11H2,1H3. The van der Waals surface area contributed by atoms with E-state index in [2.05, 4.69) is 14.9 Å². The maximum Gasteiger partial charge on any atom is 0.217 e. The molecule has 0 N–H and O–H groups in total. The van der Waals surface area contributed by atoms with Crippen molar-refractivity contribution >= 4 is 26.7 Å². The van der Waals surface area contributed by atoms with Crippen LogP contribution in [0.3, 0.4) is 0 Å². The molecule has 1 unspecified atom stereocenters. The van der Waals surface area contributed by atoms with Gasteiger partial charge in [-0.05, 0) is 37.8 Å². The quantitative estimate of drug-likeness (QED) is 0.847. The number of benzene rings is 1. The first-order chi connectivity index (χ1) is 11.6. The number of likely N-dealkylation sites (N-methyl/N-ethyl adjacent to an activating group) is 1. The molecule has 1 saturated carbocycles. The van der Waals surface area contributed by atoms with Crippen LogP contribution in [0, 0.1) is 0 Å². The van der Waals surface area contributed by atoms with Crippen LogP contribution in [0.4, 0.5) is 5.82 Å². The van der Waals surface area contributed by atoms with Gasteiger partial charge < -0.3 is 4.90 Å². The lowest BCUT2D eigenvalue weighted by molar-refractivity contribution is 0.319. The summed E-state index contributed by atoms with van der Waals surface area (Å²) in [5.41, 5.74) is 0.920. The summed E-state index contributed by atoms with van der Waals surface area (Å²) in [7, 11) is -1.40. The van der Waals surface area contributed by atoms with Gasteiger partial charge in [-0.1, -0.05) is 12.1 Å². The number of nitrogens with zero attached hydrogens (tertiary/aromatic N) is 4. The second kappa shape index (κ2) is 5.97. The molecule has 1 aromatic carbocycles. The first-order valence-corrected chi connectivity index (χ1v) is 9.99. The van der Waals surface area contributed by atoms with Crippen LogP contribution in [0.2, 0.25) is 0 Å². The van der Waals surface area contributed by atoms with Crippen molar-refractivity contribution in [1.29, 1.82) is 0 Å². The number of aromatic nitrogens is 2. The minimum Gasteiger partial charge on any atom is -0.354 e. The van der Waals surface area contributed by atoms with Crippen molar-refractivity contribution < 1.29 is 8.42 Å². The van der Waals surface area contributed by atoms with Gasteiger partial charge in [0.1, 0.15) is 12.1 Å². The zero-order chi connectivity index (χ0) is 16.7. The van der Waals surface area contributed by atoms with E-state index in [1.165, 1.54) is 0 Å². The first-order valence-electron chi connectivity index (χ1n) is 8.49. The Labute approximate surface area is 142 Å². The van der Waals surface area contributed by atoms with E-state index in [0.717, 1.165) is 48.9 Å². The number of sulfonamides is 1. The third-order valence-corrected chi connectivity index (χ3v) is 7.49. The Hall–Kier alpha value is -1.73. The van der Waals surface area contributed by atoms with Gasteiger partial charge in [0, 0.05) is 31.6 Å². The van der Waals surface area contributed by atoms with Crippen molar-refractivity contribution in [2.75, 3.05) is 25.0 Å². The van der Waals surface area contributed by atoms with Gasteiger partial charge in [-0.15, -0.1) is 0 Å². The molecule has 1 aliphatic carbocycles. The maximum atomic E-state index is 12.5. The van der Waals surface area contributed by atoms with Crippen LogP contribution < -0.4 is 4.90 Å². The molecule has 0 amide bonds. The van der Waals surface area contributed by atoms with E-state index in [9.17, 15) is 8.42 Å². The molecular formula is C17H22N4O2S. The highest BCUT2D eigenvalue weighted by Crippen LogP contribution is 2.33. The topological polar surface area (TPSA) is 66.4 Å². The van der Waals surface area contributed by atoms with Crippen molar-refractivity contribution in [3.05, 3.63) is 30.6 Å². The molecule has 1 aliphatic heterocycles. The Morgan fingerprint density at radius 2 is 1.96 bits per heavy atom. The van der Waals surface area contributed by atoms with E-state index < -0.39 is 10.0 Å². The van der Waals surface area contributed by atoms with Gasteiger partial charge in [-0.25, -0.2) is 18.4 Å². The number of hydrogen-bond donors (Lipinski definition) is 0. The highest BCUT2D eigenvalue weighted by Gasteiger charge is 2.41. The van der Waals surface area contributed by atoms with E-state index in [0.29, 0.717) is 6.54 Å². The molecule has 7 heteroatoms. The number of rotatable bonds is 4. The monoisotopic (exact) mass is 346 g/mol. The number of anilines is 1. The lowest BCUT2D eigenvalue weighted by Crippen LogP contribution is -2.49. The fourth-order valence-corrected chi connectivity index (χ4v) is 5.29. The fourth-order valence-electron chi connectivity index (χ4n) is 3.50. The Morgan fingerprint density at radius 1 is 1.17 bits per heavy atom. The molecule has 2 heterocycles. The molecule has 0 radical (unpaired) electrons. The van der Waals surface area contributed by atoms with Crippen LogP contribution in [0.25, 0.3) is 10.9 Å². The molecule has 0 bridgehead atoms. The van der Waals surface area contributed by atoms with Gasteiger partial charge in [0.05, 0.1) is 10.8 Å². The molecule has 1 saturated heterocycles. The minimum absolute atomic E-state index is 0.0121. The molecular weight excluding hydrogens is 324 g/mol. The highest BCUT2D eigenvalue weighted by molar-refractivity contribution is 7.90. The van der Waals surface area contributed by atoms with Crippen molar-refractivity contribution in [3.63, 3.8) is 0 Å². The summed E-state index contributed by atoms with van der Waals surface area (Å²) in [5.74, 6) is 0.905. The van der Waals surface area contributed by atoms with Gasteiger partial charge in [0.2, 0.25) is 10.0 Å². The SMILES string of the molecule is CN(C1CCCN(c2ncnc3ccccc23)C1)S(=O)(=O)C1CC1. The lowest BCUT2D eigenvalue weighted by Gasteiger charge is -2.38. The Morgan fingerprint density at radius 3 is 2.75 bits per heavy atom. The molecule has 2 aromatic rings. The van der Waals surface area contributed by atoms with Crippen LogP contribution in [0.1, 0.15) is 25.7 Å². The highest BCUT2D eigenvalue weighted by atomic mass is 32.2. The molecule has 1 atom stereocenters. The molecule has 1 aromatic heterocycles. The molecule has 2 fully saturated rings. The Bertz CT molecular complexity index is 845. The minimum atomic E-state index is -3.14. The van der Waals surface area contributed by atoms with Crippen LogP contribution in [-0.2, 0) is 10.0 Å². The second-order valence-corrected chi connectivity index (χ2v) is 8.99. The van der Waals surface area contributed by atoms with Crippen LogP contribution in [0.15, 0.2) is 30.6 Å². The van der Waals surface area contributed by atoms with Gasteiger partial charge in [0.25, 0.3) is 0 Å². The van der Waals surface area contributed by atoms with E-state index in [-0.39, 0.29) is 11.3 Å². The lowest BCUT2D eigenvalue weighted by atomic mass is 10.1. The van der Waals surface area contributed by atoms with Crippen LogP contribution >= 0.6 is 0 Å². The van der Waals surface area contributed by atoms with Gasteiger partial charge in [-0.2, -0.15) is 4.31 Å². The third kappa shape index (κ3) is 2.75. The smallest absolute Gasteiger partial charge is 0.217 e. The molecule has 128 valence electrons. The Kier molecular flexibility index (Phi) is 3.92. The predicted molar refractivity (Wildman–Crippen MR) is 94.5 cm³/mol. The van der Waals surface area contributed by atoms with E-state index in [1.807, 2.05) is 24.3 Å². The molecule has 4 rings (SSSR count).